The lowest BCUT2D eigenvalue weighted by molar-refractivity contribution is -0.181. The van der Waals surface area contributed by atoms with Crippen LogP contribution in [0.4, 0.5) is 0 Å². The number of nitrogens with two attached hydrogens (primary N) is 1. The van der Waals surface area contributed by atoms with E-state index >= 15 is 0 Å². The summed E-state index contributed by atoms with van der Waals surface area (Å²) in [6, 6.07) is 14.1. The predicted molar refractivity (Wildman–Crippen MR) is 162 cm³/mol. The van der Waals surface area contributed by atoms with Gasteiger partial charge in [0.25, 0.3) is 0 Å². The number of primary amides is 1. The second kappa shape index (κ2) is 11.2. The topological polar surface area (TPSA) is 167 Å². The molecule has 2 aromatic carbocycles. The van der Waals surface area contributed by atoms with Gasteiger partial charge in [-0.05, 0) is 78.7 Å². The molecule has 1 heterocycles. The van der Waals surface area contributed by atoms with Crippen molar-refractivity contribution >= 4 is 40.4 Å². The lowest BCUT2D eigenvalue weighted by atomic mass is 9.52. The molecule has 0 radical (unpaired) electrons. The summed E-state index contributed by atoms with van der Waals surface area (Å²) >= 11 is 1.50. The number of phenols is 1. The Kier molecular flexibility index (Phi) is 7.61. The molecule has 3 aliphatic rings. The largest absolute Gasteiger partial charge is 0.507 e. The van der Waals surface area contributed by atoms with E-state index in [-0.39, 0.29) is 24.2 Å². The standard InChI is InChI=1S/C33H33N3O7S/c1-36(2)27-21-12-18-11-20-19(23-10-17(15-44-23)14-35-13-16-6-4-3-5-7-16)8-9-22(37)25(20)28(38)24(18)30(40)33(21,43)31(41)26(29(27)39)32(34)42/h3-10,15,18,21,24,26-27,35,37,43H,11-14H2,1-2H3,(H2,34,42). The van der Waals surface area contributed by atoms with Crippen molar-refractivity contribution in [3.63, 3.8) is 0 Å². The molecular formula is C33H33N3O7S. The maximum absolute atomic E-state index is 14.0. The molecule has 10 nitrogen and oxygen atoms in total. The number of rotatable bonds is 7. The Labute approximate surface area is 257 Å². The Morgan fingerprint density at radius 2 is 1.75 bits per heavy atom. The highest BCUT2D eigenvalue weighted by Crippen LogP contribution is 2.52. The van der Waals surface area contributed by atoms with Gasteiger partial charge in [0.15, 0.2) is 34.7 Å². The van der Waals surface area contributed by atoms with Crippen molar-refractivity contribution in [1.82, 2.24) is 10.2 Å². The molecule has 44 heavy (non-hydrogen) atoms. The summed E-state index contributed by atoms with van der Waals surface area (Å²) in [5.41, 5.74) is 6.20. The van der Waals surface area contributed by atoms with Crippen molar-refractivity contribution in [1.29, 1.82) is 0 Å². The number of benzene rings is 2. The first-order chi connectivity index (χ1) is 20.9. The van der Waals surface area contributed by atoms with E-state index in [1.165, 1.54) is 27.9 Å². The number of nitrogens with one attached hydrogen (secondary N) is 1. The van der Waals surface area contributed by atoms with Crippen LogP contribution in [0.25, 0.3) is 10.4 Å². The average Bonchev–Trinajstić information content (AvgIpc) is 3.44. The van der Waals surface area contributed by atoms with Crippen molar-refractivity contribution in [2.24, 2.45) is 29.4 Å². The molecule has 3 aliphatic carbocycles. The number of aromatic hydroxyl groups is 1. The maximum Gasteiger partial charge on any atom is 0.235 e. The zero-order valence-electron chi connectivity index (χ0n) is 24.3. The van der Waals surface area contributed by atoms with Crippen molar-refractivity contribution < 1.29 is 34.2 Å². The average molecular weight is 616 g/mol. The third-order valence-corrected chi connectivity index (χ3v) is 10.4. The van der Waals surface area contributed by atoms with E-state index in [0.29, 0.717) is 18.7 Å². The smallest absolute Gasteiger partial charge is 0.235 e. The second-order valence-corrected chi connectivity index (χ2v) is 13.1. The molecule has 1 amide bonds. The minimum absolute atomic E-state index is 0.00810. The van der Waals surface area contributed by atoms with Gasteiger partial charge in [-0.15, -0.1) is 11.3 Å². The lowest BCUT2D eigenvalue weighted by Gasteiger charge is -2.52. The summed E-state index contributed by atoms with van der Waals surface area (Å²) in [6.45, 7) is 1.34. The Hall–Kier alpha value is -4.03. The van der Waals surface area contributed by atoms with Crippen LogP contribution < -0.4 is 11.1 Å². The fourth-order valence-corrected chi connectivity index (χ4v) is 8.36. The van der Waals surface area contributed by atoms with Crippen LogP contribution in [0.15, 0.2) is 53.9 Å². The van der Waals surface area contributed by atoms with Crippen LogP contribution in [0.1, 0.15) is 33.5 Å². The SMILES string of the molecule is CN(C)C1C(=O)C(C(N)=O)C(=O)C2(O)C(=O)C3C(=O)c4c(O)ccc(-c5cc(CNCc6ccccc6)cs5)c4CC3CC12. The molecule has 6 atom stereocenters. The van der Waals surface area contributed by atoms with Gasteiger partial charge in [0.2, 0.25) is 5.91 Å². The highest BCUT2D eigenvalue weighted by Gasteiger charge is 2.69. The number of carbonyl (C=O) groups excluding carboxylic acids is 5. The number of fused-ring (bicyclic) bond motifs is 3. The zero-order chi connectivity index (χ0) is 31.5. The van der Waals surface area contributed by atoms with Gasteiger partial charge in [0.05, 0.1) is 17.5 Å². The first-order valence-electron chi connectivity index (χ1n) is 14.5. The number of thiophene rings is 1. The fraction of sp³-hybridized carbons (Fsp3) is 0.364. The van der Waals surface area contributed by atoms with E-state index < -0.39 is 64.4 Å². The molecule has 6 rings (SSSR count). The molecule has 2 saturated carbocycles. The summed E-state index contributed by atoms with van der Waals surface area (Å²) in [5, 5.41) is 28.0. The van der Waals surface area contributed by atoms with Gasteiger partial charge in [-0.2, -0.15) is 0 Å². The zero-order valence-corrected chi connectivity index (χ0v) is 25.1. The van der Waals surface area contributed by atoms with Crippen LogP contribution in [-0.2, 0) is 38.7 Å². The number of hydrogen-bond acceptors (Lipinski definition) is 10. The van der Waals surface area contributed by atoms with Gasteiger partial charge < -0.3 is 21.3 Å². The van der Waals surface area contributed by atoms with Crippen LogP contribution in [-0.4, -0.2) is 69.9 Å². The van der Waals surface area contributed by atoms with E-state index in [2.05, 4.69) is 5.32 Å². The number of amides is 1. The Morgan fingerprint density at radius 1 is 1.05 bits per heavy atom. The molecule has 5 N–H and O–H groups in total. The first-order valence-corrected chi connectivity index (χ1v) is 15.3. The monoisotopic (exact) mass is 615 g/mol. The summed E-state index contributed by atoms with van der Waals surface area (Å²) in [7, 11) is 3.13. The van der Waals surface area contributed by atoms with Crippen molar-refractivity contribution in [2.75, 3.05) is 14.1 Å². The fourth-order valence-electron chi connectivity index (χ4n) is 7.39. The number of Topliss-reactive ketones (excluding diaryl/α,β-unsaturated/α-hetero) is 4. The molecule has 2 fully saturated rings. The van der Waals surface area contributed by atoms with Crippen LogP contribution in [0.2, 0.25) is 0 Å². The lowest BCUT2D eigenvalue weighted by Crippen LogP contribution is -2.74. The van der Waals surface area contributed by atoms with E-state index in [4.69, 9.17) is 5.73 Å². The summed E-state index contributed by atoms with van der Waals surface area (Å²) < 4.78 is 0. The number of nitrogens with zero attached hydrogens (tertiary/aromatic N) is 1. The normalized spacial score (nSPS) is 28.0. The van der Waals surface area contributed by atoms with Gasteiger partial charge in [0, 0.05) is 23.9 Å². The molecule has 0 bridgehead atoms. The number of carbonyl (C=O) groups is 5. The molecular weight excluding hydrogens is 582 g/mol. The quantitative estimate of drug-likeness (QED) is 0.290. The van der Waals surface area contributed by atoms with Gasteiger partial charge in [0.1, 0.15) is 5.75 Å². The van der Waals surface area contributed by atoms with Gasteiger partial charge in [-0.3, -0.25) is 28.9 Å². The van der Waals surface area contributed by atoms with Crippen LogP contribution in [0, 0.1) is 23.7 Å². The van der Waals surface area contributed by atoms with Crippen molar-refractivity contribution in [3.8, 4) is 16.2 Å². The molecule has 6 unspecified atom stereocenters. The number of aliphatic hydroxyl groups is 1. The summed E-state index contributed by atoms with van der Waals surface area (Å²) in [4.78, 5) is 69.2. The van der Waals surface area contributed by atoms with E-state index in [1.54, 1.807) is 20.2 Å². The number of hydrogen-bond donors (Lipinski definition) is 4. The first kappa shape index (κ1) is 30.0. The Morgan fingerprint density at radius 3 is 2.43 bits per heavy atom. The molecule has 3 aromatic rings. The Balaban J connectivity index is 1.34. The molecule has 11 heteroatoms. The van der Waals surface area contributed by atoms with Gasteiger partial charge in [-0.1, -0.05) is 30.3 Å². The van der Waals surface area contributed by atoms with Gasteiger partial charge >= 0.3 is 0 Å². The van der Waals surface area contributed by atoms with Crippen molar-refractivity contribution in [3.05, 3.63) is 76.2 Å². The van der Waals surface area contributed by atoms with Gasteiger partial charge in [-0.25, -0.2) is 0 Å². The third kappa shape index (κ3) is 4.62. The minimum Gasteiger partial charge on any atom is -0.507 e. The summed E-state index contributed by atoms with van der Waals surface area (Å²) in [6.07, 6.45) is 0.229. The second-order valence-electron chi connectivity index (χ2n) is 12.2. The minimum atomic E-state index is -2.74. The number of phenolic OH excluding ortho intramolecular Hbond substituents is 1. The highest BCUT2D eigenvalue weighted by atomic mass is 32.1. The maximum atomic E-state index is 14.0. The van der Waals surface area contributed by atoms with E-state index in [0.717, 1.165) is 16.0 Å². The number of ketones is 4. The van der Waals surface area contributed by atoms with Crippen LogP contribution in [0.5, 0.6) is 5.75 Å². The van der Waals surface area contributed by atoms with Crippen LogP contribution >= 0.6 is 11.3 Å². The summed E-state index contributed by atoms with van der Waals surface area (Å²) in [5.74, 6) is -10.5. The van der Waals surface area contributed by atoms with Crippen LogP contribution in [0.3, 0.4) is 0 Å². The molecule has 228 valence electrons. The molecule has 1 aromatic heterocycles. The molecule has 0 spiro atoms. The molecule has 0 aliphatic heterocycles. The highest BCUT2D eigenvalue weighted by molar-refractivity contribution is 7.13. The predicted octanol–water partition coefficient (Wildman–Crippen LogP) is 1.89. The van der Waals surface area contributed by atoms with Crippen molar-refractivity contribution in [2.45, 2.75) is 37.6 Å². The number of likely N-dealkylation sites (N-methyl/N-ethyl adjacent to an activating group) is 1. The molecule has 0 saturated heterocycles. The third-order valence-electron chi connectivity index (χ3n) is 9.37. The van der Waals surface area contributed by atoms with E-state index in [9.17, 15) is 34.2 Å². The Bertz CT molecular complexity index is 1700. The van der Waals surface area contributed by atoms with E-state index in [1.807, 2.05) is 41.8 Å².